The first-order valence-electron chi connectivity index (χ1n) is 6.51. The number of anilines is 1. The molecule has 0 fully saturated rings. The van der Waals surface area contributed by atoms with Gasteiger partial charge >= 0.3 is 0 Å². The summed E-state index contributed by atoms with van der Waals surface area (Å²) < 4.78 is 1.11. The Labute approximate surface area is 121 Å². The second-order valence-corrected chi connectivity index (χ2v) is 5.44. The number of aromatic nitrogens is 1. The van der Waals surface area contributed by atoms with Crippen LogP contribution in [0.4, 0.5) is 5.69 Å². The average Bonchev–Trinajstić information content (AvgIpc) is 2.46. The number of nitrogens with zero attached hydrogens (tertiary/aromatic N) is 1. The van der Waals surface area contributed by atoms with Crippen LogP contribution in [0.5, 0.6) is 0 Å². The molecule has 0 saturated heterocycles. The van der Waals surface area contributed by atoms with Crippen LogP contribution >= 0.6 is 15.9 Å². The van der Waals surface area contributed by atoms with E-state index in [1.165, 1.54) is 16.2 Å². The van der Waals surface area contributed by atoms with Crippen LogP contribution in [0.3, 0.4) is 0 Å². The quantitative estimate of drug-likeness (QED) is 0.690. The van der Waals surface area contributed by atoms with E-state index in [-0.39, 0.29) is 0 Å². The first-order chi connectivity index (χ1) is 9.31. The van der Waals surface area contributed by atoms with Gasteiger partial charge in [0, 0.05) is 33.7 Å². The van der Waals surface area contributed by atoms with Gasteiger partial charge in [-0.25, -0.2) is 0 Å². The lowest BCUT2D eigenvalue weighted by Crippen LogP contribution is -2.00. The van der Waals surface area contributed by atoms with Gasteiger partial charge in [0.05, 0.1) is 5.52 Å². The smallest absolute Gasteiger partial charge is 0.0801 e. The van der Waals surface area contributed by atoms with Gasteiger partial charge in [0.25, 0.3) is 0 Å². The fraction of sp³-hybridized carbons (Fsp3) is 0.188. The molecule has 19 heavy (non-hydrogen) atoms. The minimum absolute atomic E-state index is 0.976. The molecule has 0 radical (unpaired) electrons. The minimum atomic E-state index is 0.976. The van der Waals surface area contributed by atoms with Crippen molar-refractivity contribution in [2.45, 2.75) is 13.3 Å². The van der Waals surface area contributed by atoms with Gasteiger partial charge in [0.2, 0.25) is 0 Å². The highest BCUT2D eigenvalue weighted by Crippen LogP contribution is 2.33. The number of benzene rings is 2. The molecule has 3 aromatic rings. The molecule has 0 aliphatic heterocycles. The maximum Gasteiger partial charge on any atom is 0.0801 e. The van der Waals surface area contributed by atoms with E-state index >= 15 is 0 Å². The second-order valence-electron chi connectivity index (χ2n) is 4.59. The third kappa shape index (κ3) is 2.19. The van der Waals surface area contributed by atoms with Crippen molar-refractivity contribution in [1.82, 2.24) is 4.98 Å². The van der Waals surface area contributed by atoms with Gasteiger partial charge in [-0.1, -0.05) is 47.1 Å². The van der Waals surface area contributed by atoms with E-state index in [2.05, 4.69) is 63.5 Å². The summed E-state index contributed by atoms with van der Waals surface area (Å²) in [6.45, 7) is 3.14. The molecular weight excluding hydrogens is 300 g/mol. The van der Waals surface area contributed by atoms with Crippen LogP contribution in [0.15, 0.2) is 47.1 Å². The average molecular weight is 315 g/mol. The molecular formula is C16H15BrN2. The summed E-state index contributed by atoms with van der Waals surface area (Å²) in [5, 5.41) is 7.03. The molecule has 2 aromatic carbocycles. The molecule has 1 N–H and O–H groups in total. The lowest BCUT2D eigenvalue weighted by Gasteiger charge is -2.11. The van der Waals surface area contributed by atoms with E-state index in [0.29, 0.717) is 0 Å². The third-order valence-electron chi connectivity index (χ3n) is 3.27. The molecule has 3 heteroatoms. The molecule has 0 bridgehead atoms. The van der Waals surface area contributed by atoms with Crippen LogP contribution in [0, 0.1) is 0 Å². The molecule has 0 spiro atoms. The van der Waals surface area contributed by atoms with Gasteiger partial charge in [-0.3, -0.25) is 4.98 Å². The Balaban J connectivity index is 2.32. The molecule has 0 atom stereocenters. The van der Waals surface area contributed by atoms with Gasteiger partial charge in [0.15, 0.2) is 0 Å². The predicted molar refractivity (Wildman–Crippen MR) is 85.7 cm³/mol. The van der Waals surface area contributed by atoms with Gasteiger partial charge in [-0.2, -0.15) is 0 Å². The second kappa shape index (κ2) is 5.17. The summed E-state index contributed by atoms with van der Waals surface area (Å²) in [5.74, 6) is 0. The molecule has 0 unspecified atom stereocenters. The topological polar surface area (TPSA) is 24.9 Å². The van der Waals surface area contributed by atoms with E-state index in [9.17, 15) is 0 Å². The van der Waals surface area contributed by atoms with E-state index < -0.39 is 0 Å². The Morgan fingerprint density at radius 3 is 2.68 bits per heavy atom. The van der Waals surface area contributed by atoms with Crippen LogP contribution in [-0.4, -0.2) is 11.5 Å². The summed E-state index contributed by atoms with van der Waals surface area (Å²) in [6.07, 6.45) is 2.99. The molecule has 96 valence electrons. The highest BCUT2D eigenvalue weighted by atomic mass is 79.9. The van der Waals surface area contributed by atoms with Crippen LogP contribution in [0.25, 0.3) is 21.7 Å². The van der Waals surface area contributed by atoms with E-state index in [1.807, 2.05) is 12.3 Å². The first kappa shape index (κ1) is 12.4. The normalized spacial score (nSPS) is 11.1. The van der Waals surface area contributed by atoms with Gasteiger partial charge in [0.1, 0.15) is 0 Å². The Morgan fingerprint density at radius 2 is 1.89 bits per heavy atom. The lowest BCUT2D eigenvalue weighted by atomic mass is 10.1. The third-order valence-corrected chi connectivity index (χ3v) is 3.92. The van der Waals surface area contributed by atoms with Crippen LogP contribution in [0.2, 0.25) is 0 Å². The Bertz CT molecular complexity index is 737. The monoisotopic (exact) mass is 314 g/mol. The number of hydrogen-bond donors (Lipinski definition) is 1. The van der Waals surface area contributed by atoms with Crippen molar-refractivity contribution >= 4 is 43.3 Å². The Morgan fingerprint density at radius 1 is 1.11 bits per heavy atom. The van der Waals surface area contributed by atoms with Crippen LogP contribution in [0.1, 0.15) is 13.3 Å². The number of hydrogen-bond acceptors (Lipinski definition) is 2. The summed E-state index contributed by atoms with van der Waals surface area (Å²) in [4.78, 5) is 4.56. The van der Waals surface area contributed by atoms with Gasteiger partial charge in [-0.05, 0) is 23.9 Å². The SMILES string of the molecule is CCCNc1ccnc2c1cc(Br)c1ccccc12. The van der Waals surface area contributed by atoms with Crippen LogP contribution in [-0.2, 0) is 0 Å². The minimum Gasteiger partial charge on any atom is -0.384 e. The lowest BCUT2D eigenvalue weighted by molar-refractivity contribution is 0.981. The number of halogens is 1. The standard InChI is InChI=1S/C16H15BrN2/c1-2-8-18-15-7-9-19-16-12-6-4-3-5-11(12)14(17)10-13(15)16/h3-7,9-10H,2,8H2,1H3,(H,18,19). The van der Waals surface area contributed by atoms with Crippen molar-refractivity contribution < 1.29 is 0 Å². The largest absolute Gasteiger partial charge is 0.384 e. The highest BCUT2D eigenvalue weighted by Gasteiger charge is 2.08. The Hall–Kier alpha value is -1.61. The molecule has 0 amide bonds. The molecule has 3 rings (SSSR count). The predicted octanol–water partition coefficient (Wildman–Crippen LogP) is 4.97. The van der Waals surface area contributed by atoms with E-state index in [1.54, 1.807) is 0 Å². The maximum absolute atomic E-state index is 4.56. The maximum atomic E-state index is 4.56. The molecule has 0 aliphatic carbocycles. The fourth-order valence-electron chi connectivity index (χ4n) is 2.35. The number of rotatable bonds is 3. The van der Waals surface area contributed by atoms with Crippen LogP contribution < -0.4 is 5.32 Å². The zero-order valence-corrected chi connectivity index (χ0v) is 12.4. The van der Waals surface area contributed by atoms with Crippen molar-refractivity contribution in [2.75, 3.05) is 11.9 Å². The fourth-order valence-corrected chi connectivity index (χ4v) is 2.92. The molecule has 0 aliphatic rings. The highest BCUT2D eigenvalue weighted by molar-refractivity contribution is 9.10. The van der Waals surface area contributed by atoms with Crippen molar-refractivity contribution in [3.63, 3.8) is 0 Å². The zero-order chi connectivity index (χ0) is 13.2. The van der Waals surface area contributed by atoms with Crippen molar-refractivity contribution in [3.8, 4) is 0 Å². The zero-order valence-electron chi connectivity index (χ0n) is 10.8. The van der Waals surface area contributed by atoms with Crippen molar-refractivity contribution in [1.29, 1.82) is 0 Å². The summed E-state index contributed by atoms with van der Waals surface area (Å²) in [5.41, 5.74) is 2.21. The first-order valence-corrected chi connectivity index (χ1v) is 7.30. The molecule has 2 nitrogen and oxygen atoms in total. The van der Waals surface area contributed by atoms with Crippen molar-refractivity contribution in [3.05, 3.63) is 47.1 Å². The molecule has 0 saturated carbocycles. The number of nitrogens with one attached hydrogen (secondary N) is 1. The van der Waals surface area contributed by atoms with E-state index in [4.69, 9.17) is 0 Å². The summed E-state index contributed by atoms with van der Waals surface area (Å²) in [7, 11) is 0. The number of pyridine rings is 1. The molecule has 1 aromatic heterocycles. The van der Waals surface area contributed by atoms with Gasteiger partial charge < -0.3 is 5.32 Å². The van der Waals surface area contributed by atoms with Crippen molar-refractivity contribution in [2.24, 2.45) is 0 Å². The summed E-state index contributed by atoms with van der Waals surface area (Å²) in [6, 6.07) is 12.5. The summed E-state index contributed by atoms with van der Waals surface area (Å²) >= 11 is 3.66. The van der Waals surface area contributed by atoms with E-state index in [0.717, 1.165) is 28.6 Å². The molecule has 1 heterocycles. The number of fused-ring (bicyclic) bond motifs is 3. The van der Waals surface area contributed by atoms with Gasteiger partial charge in [-0.15, -0.1) is 0 Å². The Kier molecular flexibility index (Phi) is 3.38.